The van der Waals surface area contributed by atoms with E-state index in [4.69, 9.17) is 9.47 Å². The Bertz CT molecular complexity index is 237. The number of methoxy groups -OCH3 is 1. The average Bonchev–Trinajstić information content (AvgIpc) is 2.33. The molecule has 0 aliphatic heterocycles. The van der Waals surface area contributed by atoms with E-state index in [1.165, 1.54) is 0 Å². The first-order valence-corrected chi connectivity index (χ1v) is 6.00. The van der Waals surface area contributed by atoms with E-state index in [2.05, 4.69) is 30.5 Å². The van der Waals surface area contributed by atoms with Gasteiger partial charge in [-0.05, 0) is 19.3 Å². The zero-order valence-electron chi connectivity index (χ0n) is 10.8. The summed E-state index contributed by atoms with van der Waals surface area (Å²) >= 11 is 0. The van der Waals surface area contributed by atoms with Crippen molar-refractivity contribution < 1.29 is 14.3 Å². The van der Waals surface area contributed by atoms with Crippen LogP contribution in [0.4, 0.5) is 4.79 Å². The van der Waals surface area contributed by atoms with Gasteiger partial charge in [-0.2, -0.15) is 0 Å². The molecule has 0 aliphatic rings. The Hall–Kier alpha value is -1.29. The van der Waals surface area contributed by atoms with E-state index < -0.39 is 6.09 Å². The van der Waals surface area contributed by atoms with Gasteiger partial charge in [0.05, 0.1) is 6.61 Å². The Balaban J connectivity index is 3.33. The average molecular weight is 241 g/mol. The van der Waals surface area contributed by atoms with Crippen molar-refractivity contribution in [1.29, 1.82) is 0 Å². The third-order valence-electron chi connectivity index (χ3n) is 1.95. The summed E-state index contributed by atoms with van der Waals surface area (Å²) in [7, 11) is 1.57. The molecule has 0 fully saturated rings. The molecule has 0 atom stereocenters. The van der Waals surface area contributed by atoms with Crippen LogP contribution in [0.3, 0.4) is 0 Å². The maximum atomic E-state index is 11.1. The van der Waals surface area contributed by atoms with Gasteiger partial charge in [0.25, 0.3) is 0 Å². The smallest absolute Gasteiger partial charge is 0.407 e. The lowest BCUT2D eigenvalue weighted by molar-refractivity contribution is 0.0992. The fourth-order valence-corrected chi connectivity index (χ4v) is 1.09. The molecule has 0 heterocycles. The highest BCUT2D eigenvalue weighted by atomic mass is 16.6. The number of alkyl carbamates (subject to hydrolysis) is 1. The van der Waals surface area contributed by atoms with Crippen LogP contribution in [0.15, 0.2) is 24.3 Å². The number of hydrogen-bond donors (Lipinski definition) is 1. The molecule has 0 saturated carbocycles. The number of nitrogens with one attached hydrogen (secondary N) is 1. The van der Waals surface area contributed by atoms with Crippen LogP contribution in [0, 0.1) is 0 Å². The zero-order chi connectivity index (χ0) is 12.8. The molecule has 0 radical (unpaired) electrons. The maximum absolute atomic E-state index is 11.1. The second kappa shape index (κ2) is 12.8. The highest BCUT2D eigenvalue weighted by Crippen LogP contribution is 1.93. The quantitative estimate of drug-likeness (QED) is 0.498. The number of ether oxygens (including phenoxy) is 2. The number of amides is 1. The molecule has 98 valence electrons. The Kier molecular flexibility index (Phi) is 11.8. The second-order valence-electron chi connectivity index (χ2n) is 3.44. The first-order valence-electron chi connectivity index (χ1n) is 6.00. The number of rotatable bonds is 9. The summed E-state index contributed by atoms with van der Waals surface area (Å²) in [6, 6.07) is 0. The van der Waals surface area contributed by atoms with Crippen molar-refractivity contribution in [3.63, 3.8) is 0 Å². The molecule has 0 rings (SSSR count). The van der Waals surface area contributed by atoms with Gasteiger partial charge < -0.3 is 14.8 Å². The van der Waals surface area contributed by atoms with Crippen molar-refractivity contribution in [3.05, 3.63) is 24.3 Å². The number of unbranched alkanes of at least 4 members (excludes halogenated alkanes) is 1. The highest BCUT2D eigenvalue weighted by Gasteiger charge is 1.97. The van der Waals surface area contributed by atoms with Crippen LogP contribution in [0.25, 0.3) is 0 Å². The van der Waals surface area contributed by atoms with Crippen LogP contribution >= 0.6 is 0 Å². The Morgan fingerprint density at radius 2 is 1.82 bits per heavy atom. The number of carbonyl (C=O) groups excluding carboxylic acids is 1. The van der Waals surface area contributed by atoms with Gasteiger partial charge in [-0.3, -0.25) is 0 Å². The molecule has 4 heteroatoms. The van der Waals surface area contributed by atoms with Crippen molar-refractivity contribution in [3.8, 4) is 0 Å². The van der Waals surface area contributed by atoms with Crippen molar-refractivity contribution in [2.45, 2.75) is 26.2 Å². The van der Waals surface area contributed by atoms with Crippen molar-refractivity contribution in [2.24, 2.45) is 0 Å². The molecule has 0 aromatic heterocycles. The van der Waals surface area contributed by atoms with Crippen LogP contribution in [0.5, 0.6) is 0 Å². The Morgan fingerprint density at radius 3 is 2.47 bits per heavy atom. The third-order valence-corrected chi connectivity index (χ3v) is 1.95. The number of carbonyl (C=O) groups is 1. The standard InChI is InChI=1S/C13H23NO3/c1-3-4-5-6-7-8-9-10-14-13(15)17-12-11-16-2/h4-5,8-9H,3,6-7,10-12H2,1-2H3,(H,14,15). The fourth-order valence-electron chi connectivity index (χ4n) is 1.09. The predicted molar refractivity (Wildman–Crippen MR) is 69.0 cm³/mol. The lowest BCUT2D eigenvalue weighted by Crippen LogP contribution is -2.25. The van der Waals surface area contributed by atoms with Crippen LogP contribution in [-0.2, 0) is 9.47 Å². The maximum Gasteiger partial charge on any atom is 0.407 e. The minimum Gasteiger partial charge on any atom is -0.447 e. The van der Waals surface area contributed by atoms with Gasteiger partial charge in [0.2, 0.25) is 0 Å². The monoisotopic (exact) mass is 241 g/mol. The summed E-state index contributed by atoms with van der Waals surface area (Å²) in [4.78, 5) is 11.1. The van der Waals surface area contributed by atoms with Gasteiger partial charge in [0, 0.05) is 13.7 Å². The van der Waals surface area contributed by atoms with E-state index >= 15 is 0 Å². The molecule has 4 nitrogen and oxygen atoms in total. The molecule has 0 unspecified atom stereocenters. The molecule has 0 spiro atoms. The number of allylic oxidation sites excluding steroid dienone is 3. The molecule has 0 saturated heterocycles. The summed E-state index contributed by atoms with van der Waals surface area (Å²) in [6.07, 6.45) is 11.0. The van der Waals surface area contributed by atoms with Gasteiger partial charge in [-0.15, -0.1) is 0 Å². The molecule has 1 N–H and O–H groups in total. The van der Waals surface area contributed by atoms with E-state index in [0.717, 1.165) is 19.3 Å². The molecule has 17 heavy (non-hydrogen) atoms. The summed E-state index contributed by atoms with van der Waals surface area (Å²) < 4.78 is 9.58. The molecule has 0 aromatic rings. The molecule has 1 amide bonds. The van der Waals surface area contributed by atoms with E-state index in [0.29, 0.717) is 13.2 Å². The minimum atomic E-state index is -0.405. The van der Waals surface area contributed by atoms with Crippen molar-refractivity contribution in [1.82, 2.24) is 5.32 Å². The van der Waals surface area contributed by atoms with Crippen LogP contribution in [-0.4, -0.2) is 33.0 Å². The van der Waals surface area contributed by atoms with E-state index in [1.54, 1.807) is 7.11 Å². The highest BCUT2D eigenvalue weighted by molar-refractivity contribution is 5.67. The molecule has 0 aliphatic carbocycles. The second-order valence-corrected chi connectivity index (χ2v) is 3.44. The lowest BCUT2D eigenvalue weighted by atomic mass is 10.2. The van der Waals surface area contributed by atoms with E-state index in [1.807, 2.05) is 6.08 Å². The van der Waals surface area contributed by atoms with Gasteiger partial charge in [-0.25, -0.2) is 4.79 Å². The third kappa shape index (κ3) is 12.6. The van der Waals surface area contributed by atoms with Crippen LogP contribution in [0.1, 0.15) is 26.2 Å². The SMILES string of the molecule is CCC=CCCC=CCNC(=O)OCCOC. The summed E-state index contributed by atoms with van der Waals surface area (Å²) in [5, 5.41) is 2.62. The summed E-state index contributed by atoms with van der Waals surface area (Å²) in [5.74, 6) is 0. The van der Waals surface area contributed by atoms with E-state index in [-0.39, 0.29) is 6.61 Å². The van der Waals surface area contributed by atoms with Gasteiger partial charge >= 0.3 is 6.09 Å². The molecular formula is C13H23NO3. The van der Waals surface area contributed by atoms with Gasteiger partial charge in [0.15, 0.2) is 0 Å². The van der Waals surface area contributed by atoms with Crippen molar-refractivity contribution in [2.75, 3.05) is 26.9 Å². The largest absolute Gasteiger partial charge is 0.447 e. The Labute approximate surface area is 104 Å². The molecule has 0 aromatic carbocycles. The van der Waals surface area contributed by atoms with Gasteiger partial charge in [0.1, 0.15) is 6.61 Å². The topological polar surface area (TPSA) is 47.6 Å². The Morgan fingerprint density at radius 1 is 1.12 bits per heavy atom. The molecular weight excluding hydrogens is 218 g/mol. The lowest BCUT2D eigenvalue weighted by Gasteiger charge is -2.03. The first kappa shape index (κ1) is 15.7. The van der Waals surface area contributed by atoms with Crippen LogP contribution in [0.2, 0.25) is 0 Å². The summed E-state index contributed by atoms with van der Waals surface area (Å²) in [6.45, 7) is 3.33. The van der Waals surface area contributed by atoms with Crippen molar-refractivity contribution >= 4 is 6.09 Å². The molecule has 0 bridgehead atoms. The van der Waals surface area contributed by atoms with Crippen LogP contribution < -0.4 is 5.32 Å². The normalized spacial score (nSPS) is 11.2. The predicted octanol–water partition coefficient (Wildman–Crippen LogP) is 2.66. The summed E-state index contributed by atoms with van der Waals surface area (Å²) in [5.41, 5.74) is 0. The number of hydrogen-bond acceptors (Lipinski definition) is 3. The fraction of sp³-hybridized carbons (Fsp3) is 0.615. The zero-order valence-corrected chi connectivity index (χ0v) is 10.8. The first-order chi connectivity index (χ1) is 8.31. The van der Waals surface area contributed by atoms with E-state index in [9.17, 15) is 4.79 Å². The van der Waals surface area contributed by atoms with Gasteiger partial charge in [-0.1, -0.05) is 31.2 Å². The minimum absolute atomic E-state index is 0.286.